The maximum absolute atomic E-state index is 12.9. The lowest BCUT2D eigenvalue weighted by atomic mass is 10.1. The predicted octanol–water partition coefficient (Wildman–Crippen LogP) is 5.29. The molecule has 1 N–H and O–H groups in total. The van der Waals surface area contributed by atoms with E-state index in [9.17, 15) is 14.9 Å². The Kier molecular flexibility index (Phi) is 7.11. The number of nitro groups is 1. The quantitative estimate of drug-likeness (QED) is 0.384. The van der Waals surface area contributed by atoms with Crippen molar-refractivity contribution in [2.75, 3.05) is 36.4 Å². The van der Waals surface area contributed by atoms with Crippen LogP contribution in [0.25, 0.3) is 0 Å². The van der Waals surface area contributed by atoms with Gasteiger partial charge in [-0.05, 0) is 48.7 Å². The highest BCUT2D eigenvalue weighted by atomic mass is 16.6. The molecule has 0 spiro atoms. The van der Waals surface area contributed by atoms with Crippen LogP contribution in [0.5, 0.6) is 0 Å². The molecule has 1 atom stereocenters. The average Bonchev–Trinajstić information content (AvgIpc) is 2.88. The summed E-state index contributed by atoms with van der Waals surface area (Å²) in [6, 6.07) is 22.8. The molecule has 7 nitrogen and oxygen atoms in total. The maximum Gasteiger partial charge on any atom is 0.292 e. The van der Waals surface area contributed by atoms with E-state index in [-0.39, 0.29) is 22.6 Å². The van der Waals surface area contributed by atoms with Crippen LogP contribution in [0.3, 0.4) is 0 Å². The molecule has 0 bridgehead atoms. The smallest absolute Gasteiger partial charge is 0.292 e. The summed E-state index contributed by atoms with van der Waals surface area (Å²) < 4.78 is 0. The standard InChI is InChI=1S/C27H30N4O3/c1-3-21-9-11-23(12-10-21)27(32)30-17-15-29(16-18-30)24-13-14-26(31(33)34)25(19-24)28-20(2)22-7-5-4-6-8-22/h4-14,19-20,28H,3,15-18H2,1-2H3/t20-/m0/s1. The average molecular weight is 459 g/mol. The molecule has 1 aliphatic rings. The molecule has 7 heteroatoms. The lowest BCUT2D eigenvalue weighted by Gasteiger charge is -2.36. The second-order valence-electron chi connectivity index (χ2n) is 8.56. The minimum atomic E-state index is -0.357. The zero-order valence-electron chi connectivity index (χ0n) is 19.6. The summed E-state index contributed by atoms with van der Waals surface area (Å²) in [6.07, 6.45) is 0.948. The summed E-state index contributed by atoms with van der Waals surface area (Å²) in [5, 5.41) is 14.9. The second kappa shape index (κ2) is 10.4. The number of carbonyl (C=O) groups excluding carboxylic acids is 1. The van der Waals surface area contributed by atoms with Gasteiger partial charge in [0.05, 0.1) is 4.92 Å². The lowest BCUT2D eigenvalue weighted by molar-refractivity contribution is -0.384. The van der Waals surface area contributed by atoms with E-state index in [1.54, 1.807) is 12.1 Å². The number of hydrogen-bond donors (Lipinski definition) is 1. The van der Waals surface area contributed by atoms with E-state index in [2.05, 4.69) is 17.1 Å². The number of nitrogens with zero attached hydrogens (tertiary/aromatic N) is 3. The van der Waals surface area contributed by atoms with Gasteiger partial charge >= 0.3 is 0 Å². The van der Waals surface area contributed by atoms with Crippen LogP contribution in [0.1, 0.15) is 41.4 Å². The van der Waals surface area contributed by atoms with Crippen molar-refractivity contribution in [3.63, 3.8) is 0 Å². The summed E-state index contributed by atoms with van der Waals surface area (Å²) in [6.45, 7) is 6.64. The number of anilines is 2. The highest BCUT2D eigenvalue weighted by molar-refractivity contribution is 5.94. The number of hydrogen-bond acceptors (Lipinski definition) is 5. The first-order valence-electron chi connectivity index (χ1n) is 11.7. The fraction of sp³-hybridized carbons (Fsp3) is 0.296. The van der Waals surface area contributed by atoms with E-state index in [1.807, 2.05) is 72.5 Å². The highest BCUT2D eigenvalue weighted by Crippen LogP contribution is 2.33. The van der Waals surface area contributed by atoms with Gasteiger partial charge in [0.2, 0.25) is 0 Å². The Morgan fingerprint density at radius 1 is 1.00 bits per heavy atom. The Morgan fingerprint density at radius 3 is 2.29 bits per heavy atom. The van der Waals surface area contributed by atoms with Gasteiger partial charge in [-0.3, -0.25) is 14.9 Å². The van der Waals surface area contributed by atoms with E-state index in [1.165, 1.54) is 5.56 Å². The van der Waals surface area contributed by atoms with E-state index >= 15 is 0 Å². The molecular formula is C27H30N4O3. The van der Waals surface area contributed by atoms with Crippen molar-refractivity contribution < 1.29 is 9.72 Å². The van der Waals surface area contributed by atoms with E-state index < -0.39 is 0 Å². The summed E-state index contributed by atoms with van der Waals surface area (Å²) in [4.78, 5) is 28.2. The van der Waals surface area contributed by atoms with Crippen LogP contribution in [-0.4, -0.2) is 41.9 Å². The molecule has 0 saturated carbocycles. The molecule has 4 rings (SSSR count). The van der Waals surface area contributed by atoms with Crippen LogP contribution < -0.4 is 10.2 Å². The molecule has 176 valence electrons. The van der Waals surface area contributed by atoms with Gasteiger partial charge in [-0.15, -0.1) is 0 Å². The first-order valence-corrected chi connectivity index (χ1v) is 11.7. The SMILES string of the molecule is CCc1ccc(C(=O)N2CCN(c3ccc([N+](=O)[O-])c(N[C@@H](C)c4ccccc4)c3)CC2)cc1. The molecule has 1 fully saturated rings. The van der Waals surface area contributed by atoms with Crippen molar-refractivity contribution in [1.82, 2.24) is 4.90 Å². The Balaban J connectivity index is 1.45. The molecule has 3 aromatic rings. The molecule has 34 heavy (non-hydrogen) atoms. The monoisotopic (exact) mass is 458 g/mol. The Labute approximate surface area is 200 Å². The summed E-state index contributed by atoms with van der Waals surface area (Å²) >= 11 is 0. The van der Waals surface area contributed by atoms with Crippen molar-refractivity contribution in [2.24, 2.45) is 0 Å². The third-order valence-corrected chi connectivity index (χ3v) is 6.39. The fourth-order valence-corrected chi connectivity index (χ4v) is 4.29. The summed E-state index contributed by atoms with van der Waals surface area (Å²) in [5.41, 5.74) is 4.44. The van der Waals surface area contributed by atoms with Crippen LogP contribution in [0.4, 0.5) is 17.1 Å². The normalized spacial score (nSPS) is 14.5. The van der Waals surface area contributed by atoms with Gasteiger partial charge < -0.3 is 15.1 Å². The predicted molar refractivity (Wildman–Crippen MR) is 136 cm³/mol. The molecule has 0 radical (unpaired) electrons. The molecule has 1 amide bonds. The molecule has 1 saturated heterocycles. The van der Waals surface area contributed by atoms with Crippen molar-refractivity contribution in [2.45, 2.75) is 26.3 Å². The Bertz CT molecular complexity index is 1140. The molecule has 0 unspecified atom stereocenters. The third kappa shape index (κ3) is 5.20. The highest BCUT2D eigenvalue weighted by Gasteiger charge is 2.24. The summed E-state index contributed by atoms with van der Waals surface area (Å²) in [7, 11) is 0. The first kappa shape index (κ1) is 23.3. The molecule has 0 aliphatic carbocycles. The van der Waals surface area contributed by atoms with Crippen LogP contribution in [0.15, 0.2) is 72.8 Å². The van der Waals surface area contributed by atoms with Crippen LogP contribution in [-0.2, 0) is 6.42 Å². The van der Waals surface area contributed by atoms with E-state index in [0.29, 0.717) is 37.4 Å². The number of amides is 1. The van der Waals surface area contributed by atoms with Gasteiger partial charge in [-0.1, -0.05) is 49.4 Å². The van der Waals surface area contributed by atoms with Crippen molar-refractivity contribution in [3.8, 4) is 0 Å². The number of piperazine rings is 1. The van der Waals surface area contributed by atoms with E-state index in [4.69, 9.17) is 0 Å². The molecular weight excluding hydrogens is 428 g/mol. The topological polar surface area (TPSA) is 78.7 Å². The first-order chi connectivity index (χ1) is 16.5. The largest absolute Gasteiger partial charge is 0.373 e. The van der Waals surface area contributed by atoms with Gasteiger partial charge in [0, 0.05) is 49.5 Å². The molecule has 0 aromatic heterocycles. The number of benzene rings is 3. The minimum Gasteiger partial charge on any atom is -0.373 e. The van der Waals surface area contributed by atoms with Gasteiger partial charge in [0.25, 0.3) is 11.6 Å². The van der Waals surface area contributed by atoms with Gasteiger partial charge in [-0.25, -0.2) is 0 Å². The van der Waals surface area contributed by atoms with E-state index in [0.717, 1.165) is 17.7 Å². The van der Waals surface area contributed by atoms with Gasteiger partial charge in [0.15, 0.2) is 0 Å². The summed E-state index contributed by atoms with van der Waals surface area (Å²) in [5.74, 6) is 0.0463. The van der Waals surface area contributed by atoms with Crippen LogP contribution >= 0.6 is 0 Å². The molecule has 1 heterocycles. The lowest BCUT2D eigenvalue weighted by Crippen LogP contribution is -2.48. The zero-order valence-corrected chi connectivity index (χ0v) is 19.6. The number of carbonyl (C=O) groups is 1. The van der Waals surface area contributed by atoms with Crippen molar-refractivity contribution in [1.29, 1.82) is 0 Å². The third-order valence-electron chi connectivity index (χ3n) is 6.39. The van der Waals surface area contributed by atoms with Gasteiger partial charge in [-0.2, -0.15) is 0 Å². The minimum absolute atomic E-state index is 0.0463. The van der Waals surface area contributed by atoms with Crippen LogP contribution in [0, 0.1) is 10.1 Å². The number of nitro benzene ring substituents is 1. The number of aryl methyl sites for hydroxylation is 1. The maximum atomic E-state index is 12.9. The van der Waals surface area contributed by atoms with Crippen molar-refractivity contribution in [3.05, 3.63) is 99.6 Å². The fourth-order valence-electron chi connectivity index (χ4n) is 4.29. The molecule has 3 aromatic carbocycles. The van der Waals surface area contributed by atoms with Crippen molar-refractivity contribution >= 4 is 23.0 Å². The number of rotatable bonds is 7. The second-order valence-corrected chi connectivity index (χ2v) is 8.56. The Morgan fingerprint density at radius 2 is 1.68 bits per heavy atom. The Hall–Kier alpha value is -3.87. The van der Waals surface area contributed by atoms with Crippen LogP contribution in [0.2, 0.25) is 0 Å². The number of nitrogens with one attached hydrogen (secondary N) is 1. The van der Waals surface area contributed by atoms with Gasteiger partial charge in [0.1, 0.15) is 5.69 Å². The molecule has 1 aliphatic heterocycles. The zero-order chi connectivity index (χ0) is 24.1.